The quantitative estimate of drug-likeness (QED) is 0.773. The molecule has 0 aliphatic carbocycles. The Morgan fingerprint density at radius 3 is 2.94 bits per heavy atom. The highest BCUT2D eigenvalue weighted by atomic mass is 19.1. The molecule has 1 aromatic carbocycles. The van der Waals surface area contributed by atoms with Gasteiger partial charge in [-0.05, 0) is 31.4 Å². The van der Waals surface area contributed by atoms with Gasteiger partial charge in [0.15, 0.2) is 5.78 Å². The molecule has 98 valence electrons. The SMILES string of the molecule is COc1ccc(C(=O)CC2CCCCO2)c(F)c1. The monoisotopic (exact) mass is 252 g/mol. The van der Waals surface area contributed by atoms with Crippen molar-refractivity contribution < 1.29 is 18.7 Å². The van der Waals surface area contributed by atoms with Crippen LogP contribution in [0, 0.1) is 5.82 Å². The van der Waals surface area contributed by atoms with Gasteiger partial charge in [0.25, 0.3) is 0 Å². The van der Waals surface area contributed by atoms with Crippen LogP contribution in [0.4, 0.5) is 4.39 Å². The first kappa shape index (κ1) is 13.0. The van der Waals surface area contributed by atoms with Gasteiger partial charge >= 0.3 is 0 Å². The molecule has 0 aromatic heterocycles. The average molecular weight is 252 g/mol. The molecule has 1 saturated heterocycles. The van der Waals surface area contributed by atoms with E-state index in [1.165, 1.54) is 19.2 Å². The van der Waals surface area contributed by atoms with E-state index in [4.69, 9.17) is 9.47 Å². The molecule has 1 atom stereocenters. The number of rotatable bonds is 4. The maximum atomic E-state index is 13.7. The number of carbonyl (C=O) groups is 1. The first-order valence-corrected chi connectivity index (χ1v) is 6.19. The summed E-state index contributed by atoms with van der Waals surface area (Å²) in [6.45, 7) is 0.697. The van der Waals surface area contributed by atoms with Gasteiger partial charge in [-0.2, -0.15) is 0 Å². The summed E-state index contributed by atoms with van der Waals surface area (Å²) in [4.78, 5) is 12.0. The number of halogens is 1. The van der Waals surface area contributed by atoms with Crippen LogP contribution in [-0.4, -0.2) is 25.6 Å². The standard InChI is InChI=1S/C14H17FO3/c1-17-10-5-6-12(13(15)8-10)14(16)9-11-4-2-3-7-18-11/h5-6,8,11H,2-4,7,9H2,1H3. The number of methoxy groups -OCH3 is 1. The summed E-state index contributed by atoms with van der Waals surface area (Å²) < 4.78 is 24.1. The van der Waals surface area contributed by atoms with Gasteiger partial charge in [-0.3, -0.25) is 4.79 Å². The van der Waals surface area contributed by atoms with E-state index in [0.29, 0.717) is 12.4 Å². The van der Waals surface area contributed by atoms with Gasteiger partial charge in [-0.25, -0.2) is 4.39 Å². The van der Waals surface area contributed by atoms with Gasteiger partial charge in [0, 0.05) is 19.1 Å². The maximum Gasteiger partial charge on any atom is 0.168 e. The predicted molar refractivity (Wildman–Crippen MR) is 65.5 cm³/mol. The van der Waals surface area contributed by atoms with Gasteiger partial charge in [0.05, 0.1) is 18.8 Å². The van der Waals surface area contributed by atoms with E-state index in [1.807, 2.05) is 0 Å². The molecule has 1 aromatic rings. The van der Waals surface area contributed by atoms with Crippen LogP contribution in [0.15, 0.2) is 18.2 Å². The zero-order valence-electron chi connectivity index (χ0n) is 10.4. The maximum absolute atomic E-state index is 13.7. The summed E-state index contributed by atoms with van der Waals surface area (Å²) in [7, 11) is 1.46. The lowest BCUT2D eigenvalue weighted by molar-refractivity contribution is 0.0128. The molecular formula is C14H17FO3. The molecule has 1 unspecified atom stereocenters. The largest absolute Gasteiger partial charge is 0.497 e. The Hall–Kier alpha value is -1.42. The molecule has 1 heterocycles. The summed E-state index contributed by atoms with van der Waals surface area (Å²) >= 11 is 0. The lowest BCUT2D eigenvalue weighted by Gasteiger charge is -2.21. The van der Waals surface area contributed by atoms with Crippen LogP contribution in [0.5, 0.6) is 5.75 Å². The first-order valence-electron chi connectivity index (χ1n) is 6.19. The van der Waals surface area contributed by atoms with Crippen LogP contribution in [0.3, 0.4) is 0 Å². The average Bonchev–Trinajstić information content (AvgIpc) is 2.39. The fraction of sp³-hybridized carbons (Fsp3) is 0.500. The van der Waals surface area contributed by atoms with Crippen LogP contribution in [-0.2, 0) is 4.74 Å². The van der Waals surface area contributed by atoms with E-state index in [9.17, 15) is 9.18 Å². The number of Topliss-reactive ketones (excluding diaryl/α,β-unsaturated/α-hetero) is 1. The van der Waals surface area contributed by atoms with E-state index in [0.717, 1.165) is 19.3 Å². The molecule has 0 N–H and O–H groups in total. The lowest BCUT2D eigenvalue weighted by Crippen LogP contribution is -2.22. The van der Waals surface area contributed by atoms with Gasteiger partial charge in [0.2, 0.25) is 0 Å². The molecule has 2 rings (SSSR count). The number of carbonyl (C=O) groups excluding carboxylic acids is 1. The first-order chi connectivity index (χ1) is 8.70. The molecule has 1 fully saturated rings. The Morgan fingerprint density at radius 1 is 1.50 bits per heavy atom. The minimum absolute atomic E-state index is 0.0623. The molecule has 0 amide bonds. The number of hydrogen-bond acceptors (Lipinski definition) is 3. The molecule has 18 heavy (non-hydrogen) atoms. The van der Waals surface area contributed by atoms with Gasteiger partial charge in [-0.15, -0.1) is 0 Å². The Balaban J connectivity index is 2.03. The van der Waals surface area contributed by atoms with E-state index < -0.39 is 5.82 Å². The predicted octanol–water partition coefficient (Wildman–Crippen LogP) is 2.98. The van der Waals surface area contributed by atoms with Crippen molar-refractivity contribution in [3.05, 3.63) is 29.6 Å². The van der Waals surface area contributed by atoms with Crippen LogP contribution in [0.2, 0.25) is 0 Å². The second kappa shape index (κ2) is 5.96. The summed E-state index contributed by atoms with van der Waals surface area (Å²) in [6.07, 6.45) is 3.19. The third-order valence-electron chi connectivity index (χ3n) is 3.16. The lowest BCUT2D eigenvalue weighted by atomic mass is 10.00. The van der Waals surface area contributed by atoms with Crippen molar-refractivity contribution in [1.82, 2.24) is 0 Å². The van der Waals surface area contributed by atoms with E-state index in [1.54, 1.807) is 6.07 Å². The molecule has 3 nitrogen and oxygen atoms in total. The van der Waals surface area contributed by atoms with Crippen molar-refractivity contribution in [2.75, 3.05) is 13.7 Å². The van der Waals surface area contributed by atoms with Crippen molar-refractivity contribution in [2.45, 2.75) is 31.8 Å². The number of benzene rings is 1. The van der Waals surface area contributed by atoms with E-state index >= 15 is 0 Å². The third kappa shape index (κ3) is 3.07. The van der Waals surface area contributed by atoms with Gasteiger partial charge < -0.3 is 9.47 Å². The topological polar surface area (TPSA) is 35.5 Å². The zero-order chi connectivity index (χ0) is 13.0. The zero-order valence-corrected chi connectivity index (χ0v) is 10.4. The molecule has 0 spiro atoms. The summed E-state index contributed by atoms with van der Waals surface area (Å²) in [6, 6.07) is 4.30. The normalized spacial score (nSPS) is 19.6. The molecular weight excluding hydrogens is 235 g/mol. The van der Waals surface area contributed by atoms with Crippen LogP contribution >= 0.6 is 0 Å². The van der Waals surface area contributed by atoms with Crippen molar-refractivity contribution in [3.63, 3.8) is 0 Å². The summed E-state index contributed by atoms with van der Waals surface area (Å²) in [5.41, 5.74) is 0.116. The molecule has 0 radical (unpaired) electrons. The van der Waals surface area contributed by atoms with Crippen molar-refractivity contribution in [2.24, 2.45) is 0 Å². The number of ether oxygens (including phenoxy) is 2. The molecule has 0 saturated carbocycles. The van der Waals surface area contributed by atoms with Crippen LogP contribution in [0.25, 0.3) is 0 Å². The Labute approximate surface area is 106 Å². The number of ketones is 1. The molecule has 1 aliphatic heterocycles. The van der Waals surface area contributed by atoms with Crippen molar-refractivity contribution in [1.29, 1.82) is 0 Å². The van der Waals surface area contributed by atoms with Gasteiger partial charge in [0.1, 0.15) is 11.6 Å². The molecule has 0 bridgehead atoms. The van der Waals surface area contributed by atoms with Crippen molar-refractivity contribution >= 4 is 5.78 Å². The Bertz CT molecular complexity index is 425. The van der Waals surface area contributed by atoms with Crippen molar-refractivity contribution in [3.8, 4) is 5.75 Å². The van der Waals surface area contributed by atoms with E-state index in [2.05, 4.69) is 0 Å². The minimum Gasteiger partial charge on any atom is -0.497 e. The second-order valence-corrected chi connectivity index (χ2v) is 4.46. The number of hydrogen-bond donors (Lipinski definition) is 0. The van der Waals surface area contributed by atoms with E-state index in [-0.39, 0.29) is 23.9 Å². The molecule has 1 aliphatic rings. The fourth-order valence-corrected chi connectivity index (χ4v) is 2.13. The Kier molecular flexibility index (Phi) is 4.31. The summed E-state index contributed by atoms with van der Waals surface area (Å²) in [5.74, 6) is -0.324. The van der Waals surface area contributed by atoms with Gasteiger partial charge in [-0.1, -0.05) is 0 Å². The fourth-order valence-electron chi connectivity index (χ4n) is 2.13. The minimum atomic E-state index is -0.532. The third-order valence-corrected chi connectivity index (χ3v) is 3.16. The van der Waals surface area contributed by atoms with Crippen LogP contribution in [0.1, 0.15) is 36.0 Å². The Morgan fingerprint density at radius 2 is 2.33 bits per heavy atom. The highest BCUT2D eigenvalue weighted by Gasteiger charge is 2.20. The van der Waals surface area contributed by atoms with Crippen LogP contribution < -0.4 is 4.74 Å². The second-order valence-electron chi connectivity index (χ2n) is 4.46. The highest BCUT2D eigenvalue weighted by molar-refractivity contribution is 5.96. The smallest absolute Gasteiger partial charge is 0.168 e. The summed E-state index contributed by atoms with van der Waals surface area (Å²) in [5, 5.41) is 0. The molecule has 4 heteroatoms. The highest BCUT2D eigenvalue weighted by Crippen LogP contribution is 2.21.